The first-order valence-electron chi connectivity index (χ1n) is 6.86. The van der Waals surface area contributed by atoms with E-state index in [1.165, 1.54) is 0 Å². The molecule has 0 saturated heterocycles. The van der Waals surface area contributed by atoms with Crippen LogP contribution in [0.5, 0.6) is 0 Å². The molecule has 0 bridgehead atoms. The minimum Gasteiger partial charge on any atom is -0.396 e. The molecule has 6 heteroatoms. The van der Waals surface area contributed by atoms with Gasteiger partial charge in [-0.2, -0.15) is 5.26 Å². The smallest absolute Gasteiger partial charge is 0.122 e. The van der Waals surface area contributed by atoms with E-state index >= 15 is 0 Å². The van der Waals surface area contributed by atoms with E-state index in [4.69, 9.17) is 4.74 Å². The fraction of sp³-hybridized carbons (Fsp3) is 0.312. The number of rotatable bonds is 7. The van der Waals surface area contributed by atoms with Gasteiger partial charge in [-0.05, 0) is 49.9 Å². The van der Waals surface area contributed by atoms with Crippen molar-refractivity contribution >= 4 is 31.9 Å². The van der Waals surface area contributed by atoms with Crippen molar-refractivity contribution in [3.05, 3.63) is 56.7 Å². The summed E-state index contributed by atoms with van der Waals surface area (Å²) in [5.74, 6) is 0. The molecule has 0 fully saturated rings. The summed E-state index contributed by atoms with van der Waals surface area (Å²) in [5.41, 5.74) is 1.62. The van der Waals surface area contributed by atoms with E-state index in [1.54, 1.807) is 6.07 Å². The van der Waals surface area contributed by atoms with Crippen LogP contribution in [0.2, 0.25) is 0 Å². The molecule has 0 aliphatic carbocycles. The third-order valence-electron chi connectivity index (χ3n) is 3.30. The molecule has 1 aromatic carbocycles. The number of nitriles is 1. The van der Waals surface area contributed by atoms with E-state index < -0.39 is 0 Å². The molecule has 0 amide bonds. The Labute approximate surface area is 146 Å². The lowest BCUT2D eigenvalue weighted by atomic mass is 10.2. The number of hydrogen-bond donors (Lipinski definition) is 1. The van der Waals surface area contributed by atoms with Crippen LogP contribution in [0.3, 0.4) is 0 Å². The van der Waals surface area contributed by atoms with Gasteiger partial charge in [-0.25, -0.2) is 0 Å². The zero-order chi connectivity index (χ0) is 15.9. The molecule has 1 heterocycles. The second-order valence-electron chi connectivity index (χ2n) is 4.82. The number of hydrogen-bond acceptors (Lipinski definition) is 3. The maximum atomic E-state index is 9.30. The zero-order valence-corrected chi connectivity index (χ0v) is 15.0. The van der Waals surface area contributed by atoms with Crippen LogP contribution >= 0.6 is 31.9 Å². The third-order valence-corrected chi connectivity index (χ3v) is 5.24. The van der Waals surface area contributed by atoms with E-state index in [1.807, 2.05) is 34.9 Å². The van der Waals surface area contributed by atoms with Crippen LogP contribution in [0, 0.1) is 11.3 Å². The van der Waals surface area contributed by atoms with Crippen molar-refractivity contribution in [2.75, 3.05) is 13.2 Å². The summed E-state index contributed by atoms with van der Waals surface area (Å²) < 4.78 is 9.23. The quantitative estimate of drug-likeness (QED) is 0.725. The predicted octanol–water partition coefficient (Wildman–Crippen LogP) is 4.03. The highest BCUT2D eigenvalue weighted by Gasteiger charge is 2.19. The highest BCUT2D eigenvalue weighted by atomic mass is 79.9. The Morgan fingerprint density at radius 3 is 2.64 bits per heavy atom. The average molecular weight is 428 g/mol. The molecule has 0 spiro atoms. The Hall–Kier alpha value is -1.13. The van der Waals surface area contributed by atoms with E-state index in [-0.39, 0.29) is 12.6 Å². The van der Waals surface area contributed by atoms with Gasteiger partial charge in [-0.15, -0.1) is 0 Å². The van der Waals surface area contributed by atoms with Gasteiger partial charge in [0.15, 0.2) is 0 Å². The van der Waals surface area contributed by atoms with Gasteiger partial charge >= 0.3 is 0 Å². The first-order chi connectivity index (χ1) is 10.7. The molecule has 0 unspecified atom stereocenters. The molecule has 1 aromatic heterocycles. The minimum atomic E-state index is -0.107. The maximum absolute atomic E-state index is 9.30. The summed E-state index contributed by atoms with van der Waals surface area (Å²) in [6.07, 6.45) is 0.517. The first-order valence-corrected chi connectivity index (χ1v) is 8.44. The lowest BCUT2D eigenvalue weighted by Crippen LogP contribution is -2.18. The van der Waals surface area contributed by atoms with E-state index in [0.29, 0.717) is 25.3 Å². The van der Waals surface area contributed by atoms with Gasteiger partial charge in [0.1, 0.15) is 16.4 Å². The van der Waals surface area contributed by atoms with Crippen molar-refractivity contribution < 1.29 is 9.84 Å². The first kappa shape index (κ1) is 17.2. The molecular formula is C16H16Br2N2O2. The number of halogens is 2. The molecule has 4 nitrogen and oxygen atoms in total. The fourth-order valence-corrected chi connectivity index (χ4v) is 3.24. The van der Waals surface area contributed by atoms with Gasteiger partial charge in [0.05, 0.1) is 23.7 Å². The van der Waals surface area contributed by atoms with Gasteiger partial charge < -0.3 is 14.4 Å². The van der Waals surface area contributed by atoms with Crippen LogP contribution in [-0.2, 0) is 11.3 Å². The lowest BCUT2D eigenvalue weighted by molar-refractivity contribution is 0.0795. The Balaban J connectivity index is 2.09. The molecule has 0 radical (unpaired) electrons. The van der Waals surface area contributed by atoms with Crippen molar-refractivity contribution in [1.29, 1.82) is 5.26 Å². The topological polar surface area (TPSA) is 58.2 Å². The van der Waals surface area contributed by atoms with Crippen molar-refractivity contribution in [2.45, 2.75) is 19.1 Å². The van der Waals surface area contributed by atoms with Crippen LogP contribution in [0.25, 0.3) is 0 Å². The van der Waals surface area contributed by atoms with E-state index in [0.717, 1.165) is 14.6 Å². The highest BCUT2D eigenvalue weighted by molar-refractivity contribution is 9.13. The molecule has 0 saturated carbocycles. The summed E-state index contributed by atoms with van der Waals surface area (Å²) >= 11 is 6.89. The summed E-state index contributed by atoms with van der Waals surface area (Å²) in [6.45, 7) is 0.959. The molecule has 0 aliphatic heterocycles. The standard InChI is InChI=1S/C16H16Br2N2O2/c17-15-8-14(9-19)20(16(15)18)13(6-7-21)11-22-10-12-4-2-1-3-5-12/h1-5,8,13,21H,6-7,10-11H2/t13-/m0/s1. The molecule has 1 atom stereocenters. The van der Waals surface area contributed by atoms with Gasteiger partial charge in [-0.1, -0.05) is 30.3 Å². The molecular weight excluding hydrogens is 412 g/mol. The summed E-state index contributed by atoms with van der Waals surface area (Å²) in [6, 6.07) is 13.7. The van der Waals surface area contributed by atoms with Gasteiger partial charge in [0.25, 0.3) is 0 Å². The molecule has 116 valence electrons. The normalized spacial score (nSPS) is 12.1. The minimum absolute atomic E-state index is 0.0342. The molecule has 1 N–H and O–H groups in total. The summed E-state index contributed by atoms with van der Waals surface area (Å²) in [7, 11) is 0. The fourth-order valence-electron chi connectivity index (χ4n) is 2.24. The number of ether oxygens (including phenoxy) is 1. The van der Waals surface area contributed by atoms with Crippen LogP contribution in [0.1, 0.15) is 23.7 Å². The number of aliphatic hydroxyl groups excluding tert-OH is 1. The third kappa shape index (κ3) is 4.20. The average Bonchev–Trinajstić information content (AvgIpc) is 2.82. The Kier molecular flexibility index (Phi) is 6.65. The summed E-state index contributed by atoms with van der Waals surface area (Å²) in [5, 5.41) is 18.6. The largest absolute Gasteiger partial charge is 0.396 e. The Morgan fingerprint density at radius 1 is 1.27 bits per heavy atom. The van der Waals surface area contributed by atoms with Crippen molar-refractivity contribution in [3.63, 3.8) is 0 Å². The molecule has 2 rings (SSSR count). The zero-order valence-electron chi connectivity index (χ0n) is 11.9. The Bertz CT molecular complexity index is 650. The molecule has 2 aromatic rings. The second-order valence-corrected chi connectivity index (χ2v) is 6.42. The number of benzene rings is 1. The number of aromatic nitrogens is 1. The van der Waals surface area contributed by atoms with Crippen LogP contribution in [0.15, 0.2) is 45.5 Å². The van der Waals surface area contributed by atoms with Crippen LogP contribution in [-0.4, -0.2) is 22.9 Å². The van der Waals surface area contributed by atoms with Crippen molar-refractivity contribution in [3.8, 4) is 6.07 Å². The van der Waals surface area contributed by atoms with Crippen LogP contribution in [0.4, 0.5) is 0 Å². The number of nitrogens with zero attached hydrogens (tertiary/aromatic N) is 2. The highest BCUT2D eigenvalue weighted by Crippen LogP contribution is 2.31. The van der Waals surface area contributed by atoms with Gasteiger partial charge in [0.2, 0.25) is 0 Å². The maximum Gasteiger partial charge on any atom is 0.122 e. The summed E-state index contributed by atoms with van der Waals surface area (Å²) in [4.78, 5) is 0. The van der Waals surface area contributed by atoms with Crippen molar-refractivity contribution in [1.82, 2.24) is 4.57 Å². The SMILES string of the molecule is N#Cc1cc(Br)c(Br)n1[C@@H](CCO)COCc1ccccc1. The Morgan fingerprint density at radius 2 is 2.00 bits per heavy atom. The van der Waals surface area contributed by atoms with Gasteiger partial charge in [-0.3, -0.25) is 0 Å². The second kappa shape index (κ2) is 8.49. The molecule has 22 heavy (non-hydrogen) atoms. The van der Waals surface area contributed by atoms with Gasteiger partial charge in [0, 0.05) is 6.61 Å². The van der Waals surface area contributed by atoms with E-state index in [2.05, 4.69) is 37.9 Å². The van der Waals surface area contributed by atoms with Crippen molar-refractivity contribution in [2.24, 2.45) is 0 Å². The predicted molar refractivity (Wildman–Crippen MR) is 91.4 cm³/mol. The number of aliphatic hydroxyl groups is 1. The lowest BCUT2D eigenvalue weighted by Gasteiger charge is -2.20. The molecule has 0 aliphatic rings. The monoisotopic (exact) mass is 426 g/mol. The van der Waals surface area contributed by atoms with E-state index in [9.17, 15) is 10.4 Å². The van der Waals surface area contributed by atoms with Crippen LogP contribution < -0.4 is 0 Å².